The summed E-state index contributed by atoms with van der Waals surface area (Å²) in [6, 6.07) is 6.76. The highest BCUT2D eigenvalue weighted by molar-refractivity contribution is 5.34. The molecule has 1 aromatic carbocycles. The van der Waals surface area contributed by atoms with E-state index in [0.717, 1.165) is 31.1 Å². The van der Waals surface area contributed by atoms with Gasteiger partial charge in [-0.15, -0.1) is 0 Å². The molecule has 0 radical (unpaired) electrons. The van der Waals surface area contributed by atoms with Gasteiger partial charge >= 0.3 is 0 Å². The molecule has 3 heteroatoms. The highest BCUT2D eigenvalue weighted by Gasteiger charge is 2.18. The van der Waals surface area contributed by atoms with Crippen LogP contribution in [0.5, 0.6) is 0 Å². The average molecular weight is 260 g/mol. The molecule has 0 N–H and O–H groups in total. The summed E-state index contributed by atoms with van der Waals surface area (Å²) in [7, 11) is 0. The van der Waals surface area contributed by atoms with E-state index in [2.05, 4.69) is 11.8 Å². The van der Waals surface area contributed by atoms with Crippen LogP contribution in [0.15, 0.2) is 18.2 Å². The quantitative estimate of drug-likeness (QED) is 0.825. The molecule has 2 rings (SSSR count). The van der Waals surface area contributed by atoms with Crippen LogP contribution < -0.4 is 0 Å². The van der Waals surface area contributed by atoms with Crippen LogP contribution in [-0.2, 0) is 6.54 Å². The van der Waals surface area contributed by atoms with E-state index in [1.165, 1.54) is 31.7 Å². The fraction of sp³-hybridized carbons (Fsp3) is 0.562. The lowest BCUT2D eigenvalue weighted by molar-refractivity contribution is 0.172. The zero-order valence-corrected chi connectivity index (χ0v) is 11.5. The Labute approximate surface area is 114 Å². The first-order valence-corrected chi connectivity index (χ1v) is 7.13. The molecule has 0 aromatic heterocycles. The summed E-state index contributed by atoms with van der Waals surface area (Å²) in [4.78, 5) is 2.40. The van der Waals surface area contributed by atoms with Gasteiger partial charge < -0.3 is 0 Å². The second-order valence-electron chi connectivity index (χ2n) is 5.43. The van der Waals surface area contributed by atoms with Crippen molar-refractivity contribution in [3.63, 3.8) is 0 Å². The Hall–Kier alpha value is -1.40. The van der Waals surface area contributed by atoms with Gasteiger partial charge in [0.2, 0.25) is 0 Å². The van der Waals surface area contributed by atoms with Crippen molar-refractivity contribution in [1.82, 2.24) is 4.90 Å². The molecule has 1 saturated heterocycles. The third kappa shape index (κ3) is 3.78. The van der Waals surface area contributed by atoms with Crippen molar-refractivity contribution in [2.24, 2.45) is 5.92 Å². The third-order valence-electron chi connectivity index (χ3n) is 3.96. The molecule has 0 spiro atoms. The first kappa shape index (κ1) is 14.0. The molecule has 2 nitrogen and oxygen atoms in total. The Kier molecular flexibility index (Phi) is 4.93. The van der Waals surface area contributed by atoms with E-state index in [9.17, 15) is 4.39 Å². The van der Waals surface area contributed by atoms with Gasteiger partial charge in [0.05, 0.1) is 5.56 Å². The predicted octanol–water partition coefficient (Wildman–Crippen LogP) is 3.71. The maximum absolute atomic E-state index is 13.2. The molecular weight excluding hydrogens is 239 g/mol. The monoisotopic (exact) mass is 260 g/mol. The molecule has 1 aromatic rings. The summed E-state index contributed by atoms with van der Waals surface area (Å²) in [5, 5.41) is 8.84. The van der Waals surface area contributed by atoms with Crippen molar-refractivity contribution in [3.8, 4) is 6.07 Å². The average Bonchev–Trinajstić information content (AvgIpc) is 2.43. The van der Waals surface area contributed by atoms with Gasteiger partial charge in [0, 0.05) is 6.54 Å². The van der Waals surface area contributed by atoms with Gasteiger partial charge in [-0.3, -0.25) is 4.90 Å². The molecule has 0 saturated carbocycles. The van der Waals surface area contributed by atoms with Gasteiger partial charge in [0.15, 0.2) is 0 Å². The van der Waals surface area contributed by atoms with Crippen molar-refractivity contribution in [2.45, 2.75) is 39.2 Å². The van der Waals surface area contributed by atoms with Gasteiger partial charge in [0.25, 0.3) is 0 Å². The lowest BCUT2D eigenvalue weighted by atomic mass is 9.92. The highest BCUT2D eigenvalue weighted by Crippen LogP contribution is 2.23. The van der Waals surface area contributed by atoms with E-state index in [1.807, 2.05) is 6.07 Å². The number of hydrogen-bond donors (Lipinski definition) is 0. The number of likely N-dealkylation sites (tertiary alicyclic amines) is 1. The lowest BCUT2D eigenvalue weighted by Crippen LogP contribution is -2.33. The van der Waals surface area contributed by atoms with Crippen molar-refractivity contribution in [3.05, 3.63) is 35.1 Å². The summed E-state index contributed by atoms with van der Waals surface area (Å²) in [5.74, 6) is 0.456. The molecule has 0 amide bonds. The number of nitrogens with zero attached hydrogens (tertiary/aromatic N) is 2. The van der Waals surface area contributed by atoms with Crippen molar-refractivity contribution >= 4 is 0 Å². The summed E-state index contributed by atoms with van der Waals surface area (Å²) in [5.41, 5.74) is 1.19. The van der Waals surface area contributed by atoms with E-state index in [-0.39, 0.29) is 5.56 Å². The minimum atomic E-state index is -0.423. The zero-order chi connectivity index (χ0) is 13.7. The van der Waals surface area contributed by atoms with Crippen molar-refractivity contribution in [2.75, 3.05) is 13.1 Å². The van der Waals surface area contributed by atoms with Crippen LogP contribution in [0.25, 0.3) is 0 Å². The summed E-state index contributed by atoms with van der Waals surface area (Å²) in [6.45, 7) is 5.30. The number of halogens is 1. The van der Waals surface area contributed by atoms with Gasteiger partial charge in [-0.1, -0.05) is 25.8 Å². The molecule has 1 fully saturated rings. The minimum absolute atomic E-state index is 0.151. The number of piperidine rings is 1. The third-order valence-corrected chi connectivity index (χ3v) is 3.96. The maximum Gasteiger partial charge on any atom is 0.140 e. The highest BCUT2D eigenvalue weighted by atomic mass is 19.1. The summed E-state index contributed by atoms with van der Waals surface area (Å²) in [6.07, 6.45) is 5.14. The standard InChI is InChI=1S/C16H21FN2/c1-2-3-13-6-8-19(9-7-13)12-14-4-5-16(17)15(10-14)11-18/h4-5,10,13H,2-3,6-9,12H2,1H3. The number of hydrogen-bond acceptors (Lipinski definition) is 2. The van der Waals surface area contributed by atoms with E-state index >= 15 is 0 Å². The Balaban J connectivity index is 1.91. The van der Waals surface area contributed by atoms with Gasteiger partial charge in [-0.25, -0.2) is 4.39 Å². The molecule has 19 heavy (non-hydrogen) atoms. The molecule has 0 unspecified atom stereocenters. The molecule has 0 atom stereocenters. The largest absolute Gasteiger partial charge is 0.299 e. The molecule has 1 aliphatic rings. The molecule has 1 aliphatic heterocycles. The number of rotatable bonds is 4. The van der Waals surface area contributed by atoms with Crippen LogP contribution in [-0.4, -0.2) is 18.0 Å². The zero-order valence-electron chi connectivity index (χ0n) is 11.5. The van der Waals surface area contributed by atoms with Gasteiger partial charge in [-0.2, -0.15) is 5.26 Å². The first-order chi connectivity index (χ1) is 9.22. The molecular formula is C16H21FN2. The van der Waals surface area contributed by atoms with E-state index < -0.39 is 5.82 Å². The summed E-state index contributed by atoms with van der Waals surface area (Å²) < 4.78 is 13.2. The van der Waals surface area contributed by atoms with Gasteiger partial charge in [0.1, 0.15) is 11.9 Å². The smallest absolute Gasteiger partial charge is 0.140 e. The molecule has 0 bridgehead atoms. The molecule has 102 valence electrons. The Morgan fingerprint density at radius 2 is 2.11 bits per heavy atom. The Morgan fingerprint density at radius 1 is 1.37 bits per heavy atom. The second kappa shape index (κ2) is 6.68. The number of nitriles is 1. The fourth-order valence-corrected chi connectivity index (χ4v) is 2.86. The normalized spacial score (nSPS) is 17.3. The van der Waals surface area contributed by atoms with Crippen LogP contribution in [0, 0.1) is 23.1 Å². The maximum atomic E-state index is 13.2. The van der Waals surface area contributed by atoms with Crippen LogP contribution >= 0.6 is 0 Å². The molecule has 0 aliphatic carbocycles. The Morgan fingerprint density at radius 3 is 2.74 bits per heavy atom. The van der Waals surface area contributed by atoms with Crippen molar-refractivity contribution < 1.29 is 4.39 Å². The van der Waals surface area contributed by atoms with Crippen LogP contribution in [0.2, 0.25) is 0 Å². The van der Waals surface area contributed by atoms with E-state index in [0.29, 0.717) is 0 Å². The predicted molar refractivity (Wildman–Crippen MR) is 74.0 cm³/mol. The van der Waals surface area contributed by atoms with Crippen LogP contribution in [0.3, 0.4) is 0 Å². The lowest BCUT2D eigenvalue weighted by Gasteiger charge is -2.31. The Bertz CT molecular complexity index is 456. The van der Waals surface area contributed by atoms with E-state index in [1.54, 1.807) is 12.1 Å². The topological polar surface area (TPSA) is 27.0 Å². The first-order valence-electron chi connectivity index (χ1n) is 7.13. The fourth-order valence-electron chi connectivity index (χ4n) is 2.86. The second-order valence-corrected chi connectivity index (χ2v) is 5.43. The SMILES string of the molecule is CCCC1CCN(Cc2ccc(F)c(C#N)c2)CC1. The van der Waals surface area contributed by atoms with Crippen molar-refractivity contribution in [1.29, 1.82) is 5.26 Å². The van der Waals surface area contributed by atoms with E-state index in [4.69, 9.17) is 5.26 Å². The van der Waals surface area contributed by atoms with Crippen LogP contribution in [0.1, 0.15) is 43.7 Å². The van der Waals surface area contributed by atoms with Crippen LogP contribution in [0.4, 0.5) is 4.39 Å². The summed E-state index contributed by atoms with van der Waals surface area (Å²) >= 11 is 0. The number of benzene rings is 1. The minimum Gasteiger partial charge on any atom is -0.299 e. The van der Waals surface area contributed by atoms with Gasteiger partial charge in [-0.05, 0) is 49.5 Å². The molecule has 1 heterocycles.